The quantitative estimate of drug-likeness (QED) is 0.849. The Hall–Kier alpha value is -3.22. The van der Waals surface area contributed by atoms with Crippen molar-refractivity contribution in [2.45, 2.75) is 19.4 Å². The molecule has 1 heterocycles. The van der Waals surface area contributed by atoms with Gasteiger partial charge in [-0.25, -0.2) is 4.79 Å². The smallest absolute Gasteiger partial charge is 0.319 e. The van der Waals surface area contributed by atoms with Crippen LogP contribution in [0.25, 0.3) is 0 Å². The Kier molecular flexibility index (Phi) is 5.49. The maximum absolute atomic E-state index is 12.4. The first kappa shape index (κ1) is 18.6. The van der Waals surface area contributed by atoms with Crippen molar-refractivity contribution in [1.29, 1.82) is 0 Å². The largest absolute Gasteiger partial charge is 0.493 e. The van der Waals surface area contributed by atoms with Crippen LogP contribution in [0.2, 0.25) is 0 Å². The van der Waals surface area contributed by atoms with Gasteiger partial charge in [0, 0.05) is 30.4 Å². The molecule has 1 saturated heterocycles. The van der Waals surface area contributed by atoms with Gasteiger partial charge in [-0.3, -0.25) is 4.79 Å². The van der Waals surface area contributed by atoms with E-state index in [0.717, 1.165) is 11.3 Å². The zero-order valence-electron chi connectivity index (χ0n) is 15.6. The number of methoxy groups -OCH3 is 2. The SMILES string of the molecule is COc1ccc(N2CC(NC(=O)Nc3ccccc3C)CC2=O)cc1OC. The minimum Gasteiger partial charge on any atom is -0.493 e. The Morgan fingerprint density at radius 2 is 1.85 bits per heavy atom. The van der Waals surface area contributed by atoms with Crippen LogP contribution in [0.5, 0.6) is 11.5 Å². The van der Waals surface area contributed by atoms with Gasteiger partial charge >= 0.3 is 6.03 Å². The molecule has 2 aromatic rings. The number of rotatable bonds is 5. The van der Waals surface area contributed by atoms with Crippen LogP contribution in [0.15, 0.2) is 42.5 Å². The van der Waals surface area contributed by atoms with Crippen LogP contribution < -0.4 is 25.0 Å². The zero-order valence-corrected chi connectivity index (χ0v) is 15.6. The number of nitrogens with one attached hydrogen (secondary N) is 2. The summed E-state index contributed by atoms with van der Waals surface area (Å²) in [5, 5.41) is 5.69. The van der Waals surface area contributed by atoms with Gasteiger partial charge < -0.3 is 25.0 Å². The predicted octanol–water partition coefficient (Wildman–Crippen LogP) is 2.94. The number of anilines is 2. The van der Waals surface area contributed by atoms with Crippen molar-refractivity contribution in [1.82, 2.24) is 5.32 Å². The second-order valence-corrected chi connectivity index (χ2v) is 6.36. The number of benzene rings is 2. The number of para-hydroxylation sites is 1. The van der Waals surface area contributed by atoms with Gasteiger partial charge in [0.05, 0.1) is 20.3 Å². The molecule has 1 aliphatic heterocycles. The maximum Gasteiger partial charge on any atom is 0.319 e. The molecule has 142 valence electrons. The fourth-order valence-corrected chi connectivity index (χ4v) is 3.10. The number of hydrogen-bond donors (Lipinski definition) is 2. The first-order chi connectivity index (χ1) is 13.0. The van der Waals surface area contributed by atoms with Crippen LogP contribution in [-0.4, -0.2) is 38.7 Å². The fraction of sp³-hybridized carbons (Fsp3) is 0.300. The van der Waals surface area contributed by atoms with Crippen molar-refractivity contribution in [2.75, 3.05) is 31.0 Å². The van der Waals surface area contributed by atoms with Crippen LogP contribution in [0.1, 0.15) is 12.0 Å². The minimum absolute atomic E-state index is 0.0524. The number of ether oxygens (including phenoxy) is 2. The van der Waals surface area contributed by atoms with Gasteiger partial charge in [0.25, 0.3) is 0 Å². The van der Waals surface area contributed by atoms with Crippen molar-refractivity contribution in [2.24, 2.45) is 0 Å². The first-order valence-corrected chi connectivity index (χ1v) is 8.67. The Morgan fingerprint density at radius 1 is 1.11 bits per heavy atom. The van der Waals surface area contributed by atoms with E-state index in [1.807, 2.05) is 31.2 Å². The third-order valence-corrected chi connectivity index (χ3v) is 4.53. The Balaban J connectivity index is 1.65. The highest BCUT2D eigenvalue weighted by Gasteiger charge is 2.32. The summed E-state index contributed by atoms with van der Waals surface area (Å²) in [6.07, 6.45) is 0.246. The third-order valence-electron chi connectivity index (χ3n) is 4.53. The molecule has 7 heteroatoms. The van der Waals surface area contributed by atoms with E-state index < -0.39 is 0 Å². The third kappa shape index (κ3) is 4.13. The fourth-order valence-electron chi connectivity index (χ4n) is 3.10. The molecular weight excluding hydrogens is 346 g/mol. The van der Waals surface area contributed by atoms with E-state index in [2.05, 4.69) is 10.6 Å². The number of aryl methyl sites for hydroxylation is 1. The average Bonchev–Trinajstić information content (AvgIpc) is 3.03. The van der Waals surface area contributed by atoms with Crippen LogP contribution >= 0.6 is 0 Å². The van der Waals surface area contributed by atoms with E-state index in [9.17, 15) is 9.59 Å². The van der Waals surface area contributed by atoms with E-state index >= 15 is 0 Å². The lowest BCUT2D eigenvalue weighted by molar-refractivity contribution is -0.117. The highest BCUT2D eigenvalue weighted by atomic mass is 16.5. The molecule has 1 fully saturated rings. The van der Waals surface area contributed by atoms with Crippen LogP contribution in [0, 0.1) is 6.92 Å². The standard InChI is InChI=1S/C20H23N3O4/c1-13-6-4-5-7-16(13)22-20(25)21-14-10-19(24)23(12-14)15-8-9-17(26-2)18(11-15)27-3/h4-9,11,14H,10,12H2,1-3H3,(H2,21,22,25). The number of carbonyl (C=O) groups is 2. The molecular formula is C20H23N3O4. The van der Waals surface area contributed by atoms with Crippen LogP contribution in [0.3, 0.4) is 0 Å². The molecule has 1 unspecified atom stereocenters. The zero-order chi connectivity index (χ0) is 19.4. The number of amides is 3. The molecule has 2 aromatic carbocycles. The van der Waals surface area contributed by atoms with Gasteiger partial charge in [-0.05, 0) is 30.7 Å². The molecule has 7 nitrogen and oxygen atoms in total. The first-order valence-electron chi connectivity index (χ1n) is 8.67. The Labute approximate surface area is 158 Å². The molecule has 0 aromatic heterocycles. The van der Waals surface area contributed by atoms with Crippen molar-refractivity contribution < 1.29 is 19.1 Å². The van der Waals surface area contributed by atoms with Crippen molar-refractivity contribution in [3.63, 3.8) is 0 Å². The van der Waals surface area contributed by atoms with E-state index in [1.165, 1.54) is 0 Å². The molecule has 1 atom stereocenters. The summed E-state index contributed by atoms with van der Waals surface area (Å²) in [6, 6.07) is 12.3. The van der Waals surface area contributed by atoms with Gasteiger partial charge in [-0.1, -0.05) is 18.2 Å². The second kappa shape index (κ2) is 7.99. The molecule has 0 bridgehead atoms. The number of carbonyl (C=O) groups excluding carboxylic acids is 2. The van der Waals surface area contributed by atoms with E-state index in [0.29, 0.717) is 23.7 Å². The lowest BCUT2D eigenvalue weighted by Crippen LogP contribution is -2.39. The maximum atomic E-state index is 12.4. The lowest BCUT2D eigenvalue weighted by Gasteiger charge is -2.19. The van der Waals surface area contributed by atoms with Crippen molar-refractivity contribution in [3.05, 3.63) is 48.0 Å². The van der Waals surface area contributed by atoms with Crippen LogP contribution in [0.4, 0.5) is 16.2 Å². The summed E-state index contributed by atoms with van der Waals surface area (Å²) in [4.78, 5) is 26.3. The summed E-state index contributed by atoms with van der Waals surface area (Å²) < 4.78 is 10.5. The monoisotopic (exact) mass is 369 g/mol. The van der Waals surface area contributed by atoms with E-state index in [1.54, 1.807) is 37.3 Å². The topological polar surface area (TPSA) is 79.9 Å². The van der Waals surface area contributed by atoms with Crippen molar-refractivity contribution in [3.8, 4) is 11.5 Å². The molecule has 2 N–H and O–H groups in total. The highest BCUT2D eigenvalue weighted by molar-refractivity contribution is 5.98. The summed E-state index contributed by atoms with van der Waals surface area (Å²) in [5.74, 6) is 1.10. The van der Waals surface area contributed by atoms with Gasteiger partial charge in [0.15, 0.2) is 11.5 Å². The summed E-state index contributed by atoms with van der Waals surface area (Å²) in [6.45, 7) is 2.32. The van der Waals surface area contributed by atoms with Crippen molar-refractivity contribution >= 4 is 23.3 Å². The van der Waals surface area contributed by atoms with Crippen LogP contribution in [-0.2, 0) is 4.79 Å². The summed E-state index contributed by atoms with van der Waals surface area (Å²) >= 11 is 0. The molecule has 0 spiro atoms. The average molecular weight is 369 g/mol. The van der Waals surface area contributed by atoms with Gasteiger partial charge in [-0.2, -0.15) is 0 Å². The molecule has 0 saturated carbocycles. The summed E-state index contributed by atoms with van der Waals surface area (Å²) in [7, 11) is 3.11. The molecule has 3 amide bonds. The highest BCUT2D eigenvalue weighted by Crippen LogP contribution is 2.33. The molecule has 27 heavy (non-hydrogen) atoms. The van der Waals surface area contributed by atoms with Gasteiger partial charge in [-0.15, -0.1) is 0 Å². The van der Waals surface area contributed by atoms with Gasteiger partial charge in [0.2, 0.25) is 5.91 Å². The second-order valence-electron chi connectivity index (χ2n) is 6.36. The predicted molar refractivity (Wildman–Crippen MR) is 104 cm³/mol. The molecule has 3 rings (SSSR count). The molecule has 0 radical (unpaired) electrons. The Bertz CT molecular complexity index is 853. The summed E-state index contributed by atoms with van der Waals surface area (Å²) in [5.41, 5.74) is 2.43. The number of urea groups is 1. The minimum atomic E-state index is -0.323. The Morgan fingerprint density at radius 3 is 2.56 bits per heavy atom. The van der Waals surface area contributed by atoms with Gasteiger partial charge in [0.1, 0.15) is 0 Å². The molecule has 0 aliphatic carbocycles. The normalized spacial score (nSPS) is 16.2. The molecule has 1 aliphatic rings. The van der Waals surface area contributed by atoms with E-state index in [-0.39, 0.29) is 24.4 Å². The lowest BCUT2D eigenvalue weighted by atomic mass is 10.2. The van der Waals surface area contributed by atoms with E-state index in [4.69, 9.17) is 9.47 Å². The number of hydrogen-bond acceptors (Lipinski definition) is 4. The number of nitrogens with zero attached hydrogens (tertiary/aromatic N) is 1.